The molecule has 2 aromatic rings. The van der Waals surface area contributed by atoms with Gasteiger partial charge in [0.15, 0.2) is 0 Å². The average Bonchev–Trinajstić information content (AvgIpc) is 3.04. The molecule has 1 amide bonds. The first-order valence-electron chi connectivity index (χ1n) is 9.60. The van der Waals surface area contributed by atoms with Crippen LogP contribution in [0.2, 0.25) is 0 Å². The van der Waals surface area contributed by atoms with E-state index in [-0.39, 0.29) is 11.9 Å². The van der Waals surface area contributed by atoms with Gasteiger partial charge in [0.05, 0.1) is 11.7 Å². The minimum Gasteiger partial charge on any atom is -0.328 e. The summed E-state index contributed by atoms with van der Waals surface area (Å²) in [7, 11) is 2.12. The number of carbonyl (C=O) groups excluding carboxylic acids is 1. The Hall–Kier alpha value is -2.14. The zero-order valence-corrected chi connectivity index (χ0v) is 16.4. The van der Waals surface area contributed by atoms with E-state index in [0.717, 1.165) is 31.7 Å². The number of carbonyl (C=O) groups is 1. The van der Waals surface area contributed by atoms with E-state index in [1.54, 1.807) is 0 Å². The van der Waals surface area contributed by atoms with Gasteiger partial charge >= 0.3 is 0 Å². The second-order valence-electron chi connectivity index (χ2n) is 7.62. The fraction of sp³-hybridized carbons (Fsp3) is 0.524. The molecule has 5 nitrogen and oxygen atoms in total. The highest BCUT2D eigenvalue weighted by molar-refractivity contribution is 5.93. The molecule has 140 valence electrons. The Morgan fingerprint density at radius 2 is 1.96 bits per heavy atom. The monoisotopic (exact) mass is 354 g/mol. The molecule has 0 aliphatic carbocycles. The van der Waals surface area contributed by atoms with Gasteiger partial charge in [-0.05, 0) is 37.9 Å². The Kier molecular flexibility index (Phi) is 5.77. The molecule has 0 spiro atoms. The summed E-state index contributed by atoms with van der Waals surface area (Å²) in [5.41, 5.74) is 2.92. The summed E-state index contributed by atoms with van der Waals surface area (Å²) >= 11 is 0. The summed E-state index contributed by atoms with van der Waals surface area (Å²) < 4.78 is 1.86. The molecule has 1 aromatic heterocycles. The second kappa shape index (κ2) is 8.04. The zero-order chi connectivity index (χ0) is 18.7. The molecule has 1 aliphatic heterocycles. The van der Waals surface area contributed by atoms with Crippen molar-refractivity contribution in [3.05, 3.63) is 53.3 Å². The van der Waals surface area contributed by atoms with Crippen LogP contribution in [0.4, 0.5) is 0 Å². The Morgan fingerprint density at radius 1 is 1.23 bits per heavy atom. The summed E-state index contributed by atoms with van der Waals surface area (Å²) in [6.45, 7) is 9.60. The molecule has 1 aliphatic rings. The third kappa shape index (κ3) is 3.98. The van der Waals surface area contributed by atoms with Gasteiger partial charge in [-0.2, -0.15) is 5.10 Å². The van der Waals surface area contributed by atoms with Crippen LogP contribution in [0, 0.1) is 5.92 Å². The number of nitrogens with zero attached hydrogens (tertiary/aromatic N) is 4. The Balaban J connectivity index is 1.90. The first-order chi connectivity index (χ1) is 12.5. The molecule has 5 heteroatoms. The molecule has 3 rings (SSSR count). The number of aryl methyl sites for hydroxylation is 1. The van der Waals surface area contributed by atoms with E-state index in [1.165, 1.54) is 5.56 Å². The van der Waals surface area contributed by atoms with Gasteiger partial charge in [-0.25, -0.2) is 0 Å². The first-order valence-corrected chi connectivity index (χ1v) is 9.60. The van der Waals surface area contributed by atoms with Crippen LogP contribution in [0.25, 0.3) is 0 Å². The number of hydrogen-bond acceptors (Lipinski definition) is 3. The number of rotatable bonds is 5. The van der Waals surface area contributed by atoms with Crippen molar-refractivity contribution < 1.29 is 4.79 Å². The molecule has 0 radical (unpaired) electrons. The van der Waals surface area contributed by atoms with E-state index in [1.807, 2.05) is 40.8 Å². The van der Waals surface area contributed by atoms with Crippen molar-refractivity contribution in [1.29, 1.82) is 0 Å². The Morgan fingerprint density at radius 3 is 2.62 bits per heavy atom. The molecular weight excluding hydrogens is 324 g/mol. The summed E-state index contributed by atoms with van der Waals surface area (Å²) in [5.74, 6) is 0.621. The van der Waals surface area contributed by atoms with Crippen LogP contribution >= 0.6 is 0 Å². The van der Waals surface area contributed by atoms with Gasteiger partial charge in [-0.1, -0.05) is 44.2 Å². The Labute approximate surface area is 156 Å². The van der Waals surface area contributed by atoms with Gasteiger partial charge in [-0.3, -0.25) is 9.48 Å². The van der Waals surface area contributed by atoms with Crippen LogP contribution in [0.5, 0.6) is 0 Å². The van der Waals surface area contributed by atoms with E-state index < -0.39 is 0 Å². The number of piperazine rings is 1. The van der Waals surface area contributed by atoms with E-state index >= 15 is 0 Å². The summed E-state index contributed by atoms with van der Waals surface area (Å²) in [6.07, 6.45) is 0.901. The Bertz CT molecular complexity index is 738. The molecule has 1 saturated heterocycles. The quantitative estimate of drug-likeness (QED) is 0.828. The molecular formula is C21H30N4O. The van der Waals surface area contributed by atoms with Crippen molar-refractivity contribution in [3.63, 3.8) is 0 Å². The van der Waals surface area contributed by atoms with E-state index in [2.05, 4.69) is 43.0 Å². The second-order valence-corrected chi connectivity index (χ2v) is 7.62. The molecule has 2 heterocycles. The van der Waals surface area contributed by atoms with E-state index in [0.29, 0.717) is 18.2 Å². The predicted octanol–water partition coefficient (Wildman–Crippen LogP) is 3.23. The molecule has 0 saturated carbocycles. The van der Waals surface area contributed by atoms with Gasteiger partial charge in [0.25, 0.3) is 5.91 Å². The first kappa shape index (κ1) is 18.6. The van der Waals surface area contributed by atoms with Crippen molar-refractivity contribution in [2.75, 3.05) is 26.7 Å². The lowest BCUT2D eigenvalue weighted by Gasteiger charge is -2.40. The molecule has 26 heavy (non-hydrogen) atoms. The van der Waals surface area contributed by atoms with Crippen molar-refractivity contribution in [1.82, 2.24) is 19.6 Å². The fourth-order valence-corrected chi connectivity index (χ4v) is 3.67. The number of aromatic nitrogens is 2. The van der Waals surface area contributed by atoms with Crippen molar-refractivity contribution >= 4 is 5.91 Å². The smallest absolute Gasteiger partial charge is 0.272 e. The molecule has 1 fully saturated rings. The molecule has 0 unspecified atom stereocenters. The van der Waals surface area contributed by atoms with Crippen LogP contribution in [0.15, 0.2) is 36.4 Å². The van der Waals surface area contributed by atoms with Crippen LogP contribution in [-0.2, 0) is 13.0 Å². The van der Waals surface area contributed by atoms with Crippen LogP contribution in [0.1, 0.15) is 48.6 Å². The van der Waals surface area contributed by atoms with Gasteiger partial charge in [0.2, 0.25) is 0 Å². The molecule has 1 aromatic carbocycles. The summed E-state index contributed by atoms with van der Waals surface area (Å²) in [4.78, 5) is 17.7. The number of likely N-dealkylation sites (N-methyl/N-ethyl adjacent to an activating group) is 1. The van der Waals surface area contributed by atoms with Gasteiger partial charge in [-0.15, -0.1) is 0 Å². The third-order valence-corrected chi connectivity index (χ3v) is 5.00. The summed E-state index contributed by atoms with van der Waals surface area (Å²) in [6, 6.07) is 12.4. The maximum absolute atomic E-state index is 13.4. The molecule has 0 N–H and O–H groups in total. The highest BCUT2D eigenvalue weighted by Crippen LogP contribution is 2.27. The van der Waals surface area contributed by atoms with Gasteiger partial charge < -0.3 is 9.80 Å². The minimum atomic E-state index is 0.0798. The SMILES string of the molecule is CCn1nc(CC(C)C)cc1C(=O)N1CCN(C)C[C@@H]1c1ccccc1. The van der Waals surface area contributed by atoms with Crippen LogP contribution < -0.4 is 0 Å². The normalized spacial score (nSPS) is 18.5. The topological polar surface area (TPSA) is 41.4 Å². The molecule has 1 atom stereocenters. The van der Waals surface area contributed by atoms with E-state index in [4.69, 9.17) is 0 Å². The lowest BCUT2D eigenvalue weighted by Crippen LogP contribution is -2.49. The zero-order valence-electron chi connectivity index (χ0n) is 16.4. The van der Waals surface area contributed by atoms with Crippen molar-refractivity contribution in [3.8, 4) is 0 Å². The molecule has 0 bridgehead atoms. The van der Waals surface area contributed by atoms with Crippen molar-refractivity contribution in [2.45, 2.75) is 39.8 Å². The summed E-state index contributed by atoms with van der Waals surface area (Å²) in [5, 5.41) is 4.66. The highest BCUT2D eigenvalue weighted by Gasteiger charge is 2.32. The van der Waals surface area contributed by atoms with Gasteiger partial charge in [0.1, 0.15) is 5.69 Å². The maximum Gasteiger partial charge on any atom is 0.272 e. The van der Waals surface area contributed by atoms with Crippen molar-refractivity contribution in [2.24, 2.45) is 5.92 Å². The van der Waals surface area contributed by atoms with E-state index in [9.17, 15) is 4.79 Å². The maximum atomic E-state index is 13.4. The third-order valence-electron chi connectivity index (χ3n) is 5.00. The number of benzene rings is 1. The lowest BCUT2D eigenvalue weighted by atomic mass is 10.0. The highest BCUT2D eigenvalue weighted by atomic mass is 16.2. The predicted molar refractivity (Wildman–Crippen MR) is 104 cm³/mol. The number of hydrogen-bond donors (Lipinski definition) is 0. The van der Waals surface area contributed by atoms with Crippen LogP contribution in [-0.4, -0.2) is 52.2 Å². The van der Waals surface area contributed by atoms with Gasteiger partial charge in [0, 0.05) is 26.2 Å². The average molecular weight is 354 g/mol. The fourth-order valence-electron chi connectivity index (χ4n) is 3.67. The standard InChI is InChI=1S/C21H30N4O/c1-5-25-19(14-18(22-25)13-16(2)3)21(26)24-12-11-23(4)15-20(24)17-9-7-6-8-10-17/h6-10,14,16,20H,5,11-13,15H2,1-4H3/t20-/m1/s1. The largest absolute Gasteiger partial charge is 0.328 e. The lowest BCUT2D eigenvalue weighted by molar-refractivity contribution is 0.0486. The number of amides is 1. The minimum absolute atomic E-state index is 0.0798. The van der Waals surface area contributed by atoms with Crippen LogP contribution in [0.3, 0.4) is 0 Å².